The van der Waals surface area contributed by atoms with Crippen molar-refractivity contribution < 1.29 is 0 Å². The van der Waals surface area contributed by atoms with Crippen LogP contribution in [-0.2, 0) is 0 Å². The molecule has 3 atom stereocenters. The average Bonchev–Trinajstić information content (AvgIpc) is 1.94. The second-order valence-corrected chi connectivity index (χ2v) is 4.78. The Morgan fingerprint density at radius 2 is 2.10 bits per heavy atom. The van der Waals surface area contributed by atoms with Gasteiger partial charge >= 0.3 is 0 Å². The monoisotopic (exact) mass is 204 g/mol. The first kappa shape index (κ1) is 8.58. The third kappa shape index (κ3) is 1.98. The minimum Gasteiger partial charge on any atom is -0.0888 e. The van der Waals surface area contributed by atoms with E-state index < -0.39 is 0 Å². The second-order valence-electron chi connectivity index (χ2n) is 3.60. The van der Waals surface area contributed by atoms with Crippen LogP contribution in [0, 0.1) is 11.8 Å². The van der Waals surface area contributed by atoms with E-state index in [0.29, 0.717) is 0 Å². The van der Waals surface area contributed by atoms with Crippen molar-refractivity contribution in [3.8, 4) is 0 Å². The van der Waals surface area contributed by atoms with Crippen molar-refractivity contribution >= 4 is 15.9 Å². The van der Waals surface area contributed by atoms with Crippen LogP contribution in [0.5, 0.6) is 0 Å². The molecule has 0 N–H and O–H groups in total. The highest BCUT2D eigenvalue weighted by molar-refractivity contribution is 9.09. The molecule has 0 spiro atoms. The van der Waals surface area contributed by atoms with E-state index in [2.05, 4.69) is 29.8 Å². The maximum Gasteiger partial charge on any atom is 0.0174 e. The first-order valence-corrected chi connectivity index (χ1v) is 5.29. The van der Waals surface area contributed by atoms with Gasteiger partial charge in [0.25, 0.3) is 0 Å². The van der Waals surface area contributed by atoms with E-state index in [4.69, 9.17) is 0 Å². The van der Waals surface area contributed by atoms with Gasteiger partial charge in [0, 0.05) is 4.83 Å². The SMILES string of the molecule is CCC1CC(C)CC[C@H]1Br. The van der Waals surface area contributed by atoms with E-state index in [1.807, 2.05) is 0 Å². The minimum atomic E-state index is 0.814. The van der Waals surface area contributed by atoms with Crippen molar-refractivity contribution in [3.05, 3.63) is 0 Å². The molecular weight excluding hydrogens is 188 g/mol. The Hall–Kier alpha value is 0.480. The van der Waals surface area contributed by atoms with Gasteiger partial charge in [0.05, 0.1) is 0 Å². The lowest BCUT2D eigenvalue weighted by Gasteiger charge is -2.30. The summed E-state index contributed by atoms with van der Waals surface area (Å²) in [5.74, 6) is 1.92. The molecule has 0 saturated heterocycles. The van der Waals surface area contributed by atoms with E-state index in [1.165, 1.54) is 25.7 Å². The number of alkyl halides is 1. The summed E-state index contributed by atoms with van der Waals surface area (Å²) in [6.07, 6.45) is 5.60. The molecule has 0 bridgehead atoms. The largest absolute Gasteiger partial charge is 0.0888 e. The lowest BCUT2D eigenvalue weighted by molar-refractivity contribution is 0.289. The lowest BCUT2D eigenvalue weighted by Crippen LogP contribution is -2.22. The predicted molar refractivity (Wildman–Crippen MR) is 49.5 cm³/mol. The maximum atomic E-state index is 3.74. The summed E-state index contributed by atoms with van der Waals surface area (Å²) in [5, 5.41) is 0. The highest BCUT2D eigenvalue weighted by Gasteiger charge is 2.24. The molecule has 0 aromatic rings. The van der Waals surface area contributed by atoms with Crippen LogP contribution in [0.1, 0.15) is 39.5 Å². The van der Waals surface area contributed by atoms with Crippen LogP contribution < -0.4 is 0 Å². The van der Waals surface area contributed by atoms with Crippen LogP contribution >= 0.6 is 15.9 Å². The van der Waals surface area contributed by atoms with Crippen molar-refractivity contribution in [2.24, 2.45) is 11.8 Å². The molecule has 1 saturated carbocycles. The van der Waals surface area contributed by atoms with Gasteiger partial charge in [0.15, 0.2) is 0 Å². The summed E-state index contributed by atoms with van der Waals surface area (Å²) in [7, 11) is 0. The molecule has 1 rings (SSSR count). The van der Waals surface area contributed by atoms with Crippen molar-refractivity contribution in [1.82, 2.24) is 0 Å². The fourth-order valence-electron chi connectivity index (χ4n) is 1.88. The van der Waals surface area contributed by atoms with E-state index in [0.717, 1.165) is 16.7 Å². The zero-order chi connectivity index (χ0) is 7.56. The van der Waals surface area contributed by atoms with Crippen molar-refractivity contribution in [1.29, 1.82) is 0 Å². The van der Waals surface area contributed by atoms with Crippen LogP contribution in [0.25, 0.3) is 0 Å². The molecular formula is C9H17Br. The van der Waals surface area contributed by atoms with Crippen LogP contribution in [0.15, 0.2) is 0 Å². The van der Waals surface area contributed by atoms with Gasteiger partial charge in [-0.2, -0.15) is 0 Å². The molecule has 0 amide bonds. The molecule has 2 unspecified atom stereocenters. The third-order valence-corrected chi connectivity index (χ3v) is 3.88. The number of hydrogen-bond donors (Lipinski definition) is 0. The highest BCUT2D eigenvalue weighted by atomic mass is 79.9. The molecule has 1 fully saturated rings. The predicted octanol–water partition coefficient (Wildman–Crippen LogP) is 3.60. The van der Waals surface area contributed by atoms with Gasteiger partial charge < -0.3 is 0 Å². The third-order valence-electron chi connectivity index (χ3n) is 2.68. The Bertz CT molecular complexity index is 101. The van der Waals surface area contributed by atoms with Crippen LogP contribution in [-0.4, -0.2) is 4.83 Å². The molecule has 0 radical (unpaired) electrons. The Balaban J connectivity index is 2.38. The van der Waals surface area contributed by atoms with Crippen LogP contribution in [0.2, 0.25) is 0 Å². The zero-order valence-corrected chi connectivity index (χ0v) is 8.52. The molecule has 0 aliphatic heterocycles. The van der Waals surface area contributed by atoms with Crippen LogP contribution in [0.4, 0.5) is 0 Å². The van der Waals surface area contributed by atoms with E-state index >= 15 is 0 Å². The molecule has 1 aliphatic carbocycles. The van der Waals surface area contributed by atoms with Gasteiger partial charge in [-0.15, -0.1) is 0 Å². The molecule has 10 heavy (non-hydrogen) atoms. The summed E-state index contributed by atoms with van der Waals surface area (Å²) < 4.78 is 0. The molecule has 0 nitrogen and oxygen atoms in total. The first-order chi connectivity index (χ1) is 4.74. The molecule has 0 aromatic heterocycles. The van der Waals surface area contributed by atoms with Crippen LogP contribution in [0.3, 0.4) is 0 Å². The number of halogens is 1. The Morgan fingerprint density at radius 1 is 1.40 bits per heavy atom. The molecule has 1 aliphatic rings. The maximum absolute atomic E-state index is 3.74. The Morgan fingerprint density at radius 3 is 2.60 bits per heavy atom. The topological polar surface area (TPSA) is 0 Å². The zero-order valence-electron chi connectivity index (χ0n) is 6.94. The number of rotatable bonds is 1. The first-order valence-electron chi connectivity index (χ1n) is 4.38. The van der Waals surface area contributed by atoms with E-state index in [-0.39, 0.29) is 0 Å². The lowest BCUT2D eigenvalue weighted by atomic mass is 9.81. The molecule has 0 aromatic carbocycles. The van der Waals surface area contributed by atoms with Gasteiger partial charge in [-0.05, 0) is 31.1 Å². The van der Waals surface area contributed by atoms with Gasteiger partial charge in [-0.1, -0.05) is 36.2 Å². The molecule has 60 valence electrons. The second kappa shape index (κ2) is 3.75. The van der Waals surface area contributed by atoms with Gasteiger partial charge in [0.2, 0.25) is 0 Å². The Labute approximate surface area is 72.5 Å². The standard InChI is InChI=1S/C9H17Br/c1-3-8-6-7(2)4-5-9(8)10/h7-9H,3-6H2,1-2H3/t7?,8?,9-/m1/s1. The molecule has 1 heteroatoms. The normalized spacial score (nSPS) is 41.7. The fraction of sp³-hybridized carbons (Fsp3) is 1.00. The van der Waals surface area contributed by atoms with Crippen molar-refractivity contribution in [2.75, 3.05) is 0 Å². The van der Waals surface area contributed by atoms with E-state index in [1.54, 1.807) is 0 Å². The summed E-state index contributed by atoms with van der Waals surface area (Å²) >= 11 is 3.74. The smallest absolute Gasteiger partial charge is 0.0174 e. The summed E-state index contributed by atoms with van der Waals surface area (Å²) in [6, 6.07) is 0. The number of hydrogen-bond acceptors (Lipinski definition) is 0. The summed E-state index contributed by atoms with van der Waals surface area (Å²) in [6.45, 7) is 4.68. The average molecular weight is 205 g/mol. The van der Waals surface area contributed by atoms with E-state index in [9.17, 15) is 0 Å². The van der Waals surface area contributed by atoms with Crippen molar-refractivity contribution in [3.63, 3.8) is 0 Å². The van der Waals surface area contributed by atoms with Gasteiger partial charge in [0.1, 0.15) is 0 Å². The quantitative estimate of drug-likeness (QED) is 0.574. The summed E-state index contributed by atoms with van der Waals surface area (Å²) in [4.78, 5) is 0.814. The van der Waals surface area contributed by atoms with Gasteiger partial charge in [-0.25, -0.2) is 0 Å². The minimum absolute atomic E-state index is 0.814. The Kier molecular flexibility index (Phi) is 3.22. The highest BCUT2D eigenvalue weighted by Crippen LogP contribution is 2.34. The van der Waals surface area contributed by atoms with Gasteiger partial charge in [-0.3, -0.25) is 0 Å². The summed E-state index contributed by atoms with van der Waals surface area (Å²) in [5.41, 5.74) is 0. The van der Waals surface area contributed by atoms with Crippen molar-refractivity contribution in [2.45, 2.75) is 44.4 Å². The molecule has 0 heterocycles. The fourth-order valence-corrected chi connectivity index (χ4v) is 2.74.